The van der Waals surface area contributed by atoms with Gasteiger partial charge in [0.25, 0.3) is 0 Å². The van der Waals surface area contributed by atoms with Gasteiger partial charge in [-0.3, -0.25) is 9.59 Å². The lowest BCUT2D eigenvalue weighted by molar-refractivity contribution is -0.143. The molecule has 350 valence electrons. The van der Waals surface area contributed by atoms with Crippen LogP contribution in [-0.2, 0) is 14.3 Å². The Balaban J connectivity index is 3.38. The van der Waals surface area contributed by atoms with Crippen molar-refractivity contribution in [3.63, 3.8) is 0 Å². The van der Waals surface area contributed by atoms with Crippen LogP contribution in [0.5, 0.6) is 0 Å². The maximum Gasteiger partial charge on any atom is 0.305 e. The molecular weight excluding hydrogens is 731 g/mol. The largest absolute Gasteiger partial charge is 0.466 e. The van der Waals surface area contributed by atoms with Gasteiger partial charge in [0, 0.05) is 12.8 Å². The van der Waals surface area contributed by atoms with E-state index in [1.54, 1.807) is 0 Å². The van der Waals surface area contributed by atoms with Crippen molar-refractivity contribution in [2.75, 3.05) is 13.2 Å². The number of hydrogen-bond donors (Lipinski definition) is 3. The summed E-state index contributed by atoms with van der Waals surface area (Å²) < 4.78 is 5.46. The van der Waals surface area contributed by atoms with E-state index in [9.17, 15) is 19.8 Å². The second kappa shape index (κ2) is 49.3. The van der Waals surface area contributed by atoms with Crippen LogP contribution in [-0.4, -0.2) is 47.4 Å². The Morgan fingerprint density at radius 1 is 0.458 bits per heavy atom. The molecule has 0 spiro atoms. The van der Waals surface area contributed by atoms with Crippen molar-refractivity contribution in [3.8, 4) is 0 Å². The molecule has 0 heterocycles. The Kier molecular flexibility index (Phi) is 48.1. The molecule has 0 saturated heterocycles. The highest BCUT2D eigenvalue weighted by molar-refractivity contribution is 5.76. The van der Waals surface area contributed by atoms with E-state index in [4.69, 9.17) is 4.74 Å². The number of aliphatic hydroxyl groups excluding tert-OH is 2. The normalized spacial score (nSPS) is 12.7. The molecule has 1 amide bonds. The predicted molar refractivity (Wildman–Crippen MR) is 255 cm³/mol. The summed E-state index contributed by atoms with van der Waals surface area (Å²) in [7, 11) is 0. The van der Waals surface area contributed by atoms with Gasteiger partial charge in [-0.25, -0.2) is 0 Å². The summed E-state index contributed by atoms with van der Waals surface area (Å²) in [6, 6.07) is -0.542. The lowest BCUT2D eigenvalue weighted by Gasteiger charge is -2.22. The molecule has 0 aromatic carbocycles. The lowest BCUT2D eigenvalue weighted by atomic mass is 10.0. The van der Waals surface area contributed by atoms with Crippen LogP contribution in [0.3, 0.4) is 0 Å². The van der Waals surface area contributed by atoms with E-state index in [-0.39, 0.29) is 18.5 Å². The smallest absolute Gasteiger partial charge is 0.305 e. The molecule has 0 aromatic heterocycles. The van der Waals surface area contributed by atoms with Crippen molar-refractivity contribution >= 4 is 11.9 Å². The number of ether oxygens (including phenoxy) is 1. The van der Waals surface area contributed by atoms with Crippen molar-refractivity contribution in [1.29, 1.82) is 0 Å². The van der Waals surface area contributed by atoms with Gasteiger partial charge in [0.2, 0.25) is 5.91 Å². The number of carbonyl (C=O) groups excluding carboxylic acids is 2. The van der Waals surface area contributed by atoms with E-state index < -0.39 is 12.1 Å². The molecule has 0 aliphatic heterocycles. The van der Waals surface area contributed by atoms with Gasteiger partial charge >= 0.3 is 5.97 Å². The molecule has 0 bridgehead atoms. The lowest BCUT2D eigenvalue weighted by Crippen LogP contribution is -2.45. The highest BCUT2D eigenvalue weighted by Crippen LogP contribution is 2.17. The highest BCUT2D eigenvalue weighted by atomic mass is 16.5. The summed E-state index contributed by atoms with van der Waals surface area (Å²) in [4.78, 5) is 24.4. The first-order valence-corrected chi connectivity index (χ1v) is 26.4. The average Bonchev–Trinajstić information content (AvgIpc) is 3.24. The predicted octanol–water partition coefficient (Wildman–Crippen LogP) is 15.7. The first-order chi connectivity index (χ1) is 29.0. The summed E-state index contributed by atoms with van der Waals surface area (Å²) in [6.07, 6.45) is 56.2. The molecule has 0 rings (SSSR count). The van der Waals surface area contributed by atoms with Crippen molar-refractivity contribution < 1.29 is 24.5 Å². The van der Waals surface area contributed by atoms with Crippen LogP contribution in [0.25, 0.3) is 0 Å². The van der Waals surface area contributed by atoms with Gasteiger partial charge in [-0.2, -0.15) is 0 Å². The van der Waals surface area contributed by atoms with E-state index >= 15 is 0 Å². The van der Waals surface area contributed by atoms with Gasteiger partial charge in [-0.05, 0) is 51.4 Å². The summed E-state index contributed by atoms with van der Waals surface area (Å²) in [6.45, 7) is 4.92. The number of hydrogen-bond acceptors (Lipinski definition) is 5. The Morgan fingerprint density at radius 2 is 0.797 bits per heavy atom. The molecule has 59 heavy (non-hydrogen) atoms. The monoisotopic (exact) mass is 834 g/mol. The SMILES string of the molecule is CCCCCCC/C=C\CCCCCCCC(=O)OCCCCCCCCCCCCCCCCCCCCC(=O)NC(CO)C(O)CCCCCCCCCCCC. The minimum absolute atomic E-state index is 0.00123. The van der Waals surface area contributed by atoms with Crippen molar-refractivity contribution in [2.24, 2.45) is 0 Å². The van der Waals surface area contributed by atoms with Crippen LogP contribution in [0.4, 0.5) is 0 Å². The van der Waals surface area contributed by atoms with E-state index in [0.717, 1.165) is 44.9 Å². The molecule has 0 radical (unpaired) electrons. The summed E-state index contributed by atoms with van der Waals surface area (Å²) in [5, 5.41) is 23.1. The van der Waals surface area contributed by atoms with Crippen LogP contribution in [0.2, 0.25) is 0 Å². The standard InChI is InChI=1S/C53H103NO5/c1-3-5-7-9-11-13-15-16-24-27-31-35-39-43-47-53(58)59-48-44-40-36-32-28-25-22-20-18-17-19-21-23-26-30-34-38-42-46-52(57)54-50(49-55)51(56)45-41-37-33-29-14-12-10-8-6-4-2/h15-16,50-51,55-56H,3-14,17-49H2,1-2H3,(H,54,57)/b16-15-. The molecule has 6 heteroatoms. The minimum atomic E-state index is -0.664. The number of unbranched alkanes of at least 4 members (excludes halogenated alkanes) is 36. The van der Waals surface area contributed by atoms with Gasteiger partial charge in [-0.15, -0.1) is 0 Å². The first kappa shape index (κ1) is 57.6. The third-order valence-corrected chi connectivity index (χ3v) is 12.3. The highest BCUT2D eigenvalue weighted by Gasteiger charge is 2.20. The zero-order chi connectivity index (χ0) is 43.0. The van der Waals surface area contributed by atoms with Gasteiger partial charge < -0.3 is 20.3 Å². The third-order valence-electron chi connectivity index (χ3n) is 12.3. The molecule has 2 atom stereocenters. The first-order valence-electron chi connectivity index (χ1n) is 26.4. The molecule has 0 aromatic rings. The van der Waals surface area contributed by atoms with E-state index in [0.29, 0.717) is 25.9 Å². The fraction of sp³-hybridized carbons (Fsp3) is 0.925. The Bertz CT molecular complexity index is 878. The number of esters is 1. The quantitative estimate of drug-likeness (QED) is 0.0322. The summed E-state index contributed by atoms with van der Waals surface area (Å²) >= 11 is 0. The van der Waals surface area contributed by atoms with Gasteiger partial charge in [0.15, 0.2) is 0 Å². The molecule has 0 aliphatic rings. The van der Waals surface area contributed by atoms with Gasteiger partial charge in [0.05, 0.1) is 25.4 Å². The topological polar surface area (TPSA) is 95.9 Å². The Hall–Kier alpha value is -1.40. The minimum Gasteiger partial charge on any atom is -0.466 e. The summed E-state index contributed by atoms with van der Waals surface area (Å²) in [5.41, 5.74) is 0. The van der Waals surface area contributed by atoms with Crippen LogP contribution in [0, 0.1) is 0 Å². The van der Waals surface area contributed by atoms with Crippen LogP contribution in [0.15, 0.2) is 12.2 Å². The average molecular weight is 834 g/mol. The van der Waals surface area contributed by atoms with Gasteiger partial charge in [0.1, 0.15) is 0 Å². The zero-order valence-corrected chi connectivity index (χ0v) is 39.7. The number of amides is 1. The van der Waals surface area contributed by atoms with Crippen LogP contribution >= 0.6 is 0 Å². The maximum absolute atomic E-state index is 12.4. The van der Waals surface area contributed by atoms with E-state index in [1.807, 2.05) is 0 Å². The van der Waals surface area contributed by atoms with E-state index in [2.05, 4.69) is 31.3 Å². The molecule has 6 nitrogen and oxygen atoms in total. The van der Waals surface area contributed by atoms with Crippen molar-refractivity contribution in [3.05, 3.63) is 12.2 Å². The number of allylic oxidation sites excluding steroid dienone is 2. The Labute approximate surface area is 368 Å². The number of carbonyl (C=O) groups is 2. The van der Waals surface area contributed by atoms with Crippen molar-refractivity contribution in [1.82, 2.24) is 5.32 Å². The fourth-order valence-electron chi connectivity index (χ4n) is 8.22. The molecule has 0 fully saturated rings. The van der Waals surface area contributed by atoms with Crippen LogP contribution in [0.1, 0.15) is 290 Å². The van der Waals surface area contributed by atoms with E-state index in [1.165, 1.54) is 212 Å². The van der Waals surface area contributed by atoms with Crippen molar-refractivity contribution in [2.45, 2.75) is 302 Å². The summed E-state index contributed by atoms with van der Waals surface area (Å²) in [5.74, 6) is -0.0415. The zero-order valence-electron chi connectivity index (χ0n) is 39.7. The van der Waals surface area contributed by atoms with Gasteiger partial charge in [-0.1, -0.05) is 238 Å². The second-order valence-corrected chi connectivity index (χ2v) is 18.2. The molecular formula is C53H103NO5. The molecule has 3 N–H and O–H groups in total. The molecule has 0 saturated carbocycles. The molecule has 2 unspecified atom stereocenters. The Morgan fingerprint density at radius 3 is 1.20 bits per heavy atom. The molecule has 0 aliphatic carbocycles. The second-order valence-electron chi connectivity index (χ2n) is 18.2. The number of nitrogens with one attached hydrogen (secondary N) is 1. The third kappa shape index (κ3) is 45.9. The number of aliphatic hydroxyl groups is 2. The number of rotatable bonds is 49. The van der Waals surface area contributed by atoms with Crippen LogP contribution < -0.4 is 5.32 Å². The fourth-order valence-corrected chi connectivity index (χ4v) is 8.22. The maximum atomic E-state index is 12.4.